The topological polar surface area (TPSA) is 63.4 Å². The number of benzene rings is 1. The van der Waals surface area contributed by atoms with Crippen molar-refractivity contribution in [2.24, 2.45) is 11.8 Å². The molecule has 1 aliphatic heterocycles. The van der Waals surface area contributed by atoms with Crippen molar-refractivity contribution in [2.75, 3.05) is 18.8 Å². The lowest BCUT2D eigenvalue weighted by Crippen LogP contribution is -2.43. The maximum atomic E-state index is 12.7. The van der Waals surface area contributed by atoms with Gasteiger partial charge in [0.1, 0.15) is 5.82 Å². The second-order valence-electron chi connectivity index (χ2n) is 7.34. The van der Waals surface area contributed by atoms with Gasteiger partial charge in [0.05, 0.1) is 11.3 Å². The number of carbonyl (C=O) groups excluding carboxylic acids is 1. The Morgan fingerprint density at radius 2 is 1.92 bits per heavy atom. The fourth-order valence-corrected chi connectivity index (χ4v) is 4.66. The summed E-state index contributed by atoms with van der Waals surface area (Å²) >= 11 is 1.44. The number of nitrogens with zero attached hydrogens (tertiary/aromatic N) is 5. The molecule has 0 unspecified atom stereocenters. The highest BCUT2D eigenvalue weighted by atomic mass is 32.2. The van der Waals surface area contributed by atoms with Crippen LogP contribution in [-0.2, 0) is 4.79 Å². The zero-order valence-corrected chi connectivity index (χ0v) is 16.2. The summed E-state index contributed by atoms with van der Waals surface area (Å²) in [6.07, 6.45) is 1.20. The molecule has 3 aromatic rings. The van der Waals surface area contributed by atoms with E-state index in [0.717, 1.165) is 29.6 Å². The number of para-hydroxylation sites is 1. The largest absolute Gasteiger partial charge is 0.341 e. The van der Waals surface area contributed by atoms with E-state index in [9.17, 15) is 4.79 Å². The van der Waals surface area contributed by atoms with Crippen molar-refractivity contribution in [1.29, 1.82) is 0 Å². The van der Waals surface area contributed by atoms with Crippen LogP contribution in [0, 0.1) is 18.8 Å². The quantitative estimate of drug-likeness (QED) is 0.524. The molecule has 0 radical (unpaired) electrons. The summed E-state index contributed by atoms with van der Waals surface area (Å²) in [6, 6.07) is 7.91. The molecule has 0 bridgehead atoms. The molecule has 1 aromatic carbocycles. The SMILES string of the molecule is Cc1nc2c3ccccc3nc(SCC(=O)N3C[C@H](C)C[C@@H](C)C3)n2n1. The van der Waals surface area contributed by atoms with Crippen LogP contribution in [-0.4, -0.2) is 49.2 Å². The number of carbonyl (C=O) groups is 1. The molecule has 6 nitrogen and oxygen atoms in total. The van der Waals surface area contributed by atoms with E-state index in [1.807, 2.05) is 36.1 Å². The van der Waals surface area contributed by atoms with Crippen molar-refractivity contribution in [3.63, 3.8) is 0 Å². The Kier molecular flexibility index (Phi) is 4.56. The van der Waals surface area contributed by atoms with Gasteiger partial charge in [-0.05, 0) is 37.3 Å². The van der Waals surface area contributed by atoms with Crippen molar-refractivity contribution in [3.8, 4) is 0 Å². The number of fused-ring (bicyclic) bond motifs is 3. The molecular weight excluding hydrogens is 346 g/mol. The van der Waals surface area contributed by atoms with E-state index in [1.54, 1.807) is 4.52 Å². The molecule has 0 spiro atoms. The summed E-state index contributed by atoms with van der Waals surface area (Å²) in [4.78, 5) is 24.0. The highest BCUT2D eigenvalue weighted by molar-refractivity contribution is 7.99. The number of amides is 1. The molecule has 1 amide bonds. The van der Waals surface area contributed by atoms with Gasteiger partial charge in [0.2, 0.25) is 5.91 Å². The highest BCUT2D eigenvalue weighted by Crippen LogP contribution is 2.25. The monoisotopic (exact) mass is 369 g/mol. The molecule has 0 N–H and O–H groups in total. The van der Waals surface area contributed by atoms with Gasteiger partial charge in [0.15, 0.2) is 10.8 Å². The summed E-state index contributed by atoms with van der Waals surface area (Å²) in [7, 11) is 0. The zero-order chi connectivity index (χ0) is 18.3. The van der Waals surface area contributed by atoms with Crippen molar-refractivity contribution < 1.29 is 4.79 Å². The molecule has 3 heterocycles. The normalized spacial score (nSPS) is 20.8. The molecule has 136 valence electrons. The van der Waals surface area contributed by atoms with E-state index in [2.05, 4.69) is 23.9 Å². The minimum absolute atomic E-state index is 0.174. The first-order valence-electron chi connectivity index (χ1n) is 9.04. The molecule has 7 heteroatoms. The van der Waals surface area contributed by atoms with E-state index in [0.29, 0.717) is 28.6 Å². The van der Waals surface area contributed by atoms with Crippen LogP contribution in [0.1, 0.15) is 26.1 Å². The Morgan fingerprint density at radius 3 is 2.69 bits per heavy atom. The molecule has 1 saturated heterocycles. The minimum atomic E-state index is 0.174. The Morgan fingerprint density at radius 1 is 1.19 bits per heavy atom. The summed E-state index contributed by atoms with van der Waals surface area (Å²) in [6.45, 7) is 8.02. The maximum absolute atomic E-state index is 12.7. The first-order chi connectivity index (χ1) is 12.5. The number of aromatic nitrogens is 4. The van der Waals surface area contributed by atoms with E-state index in [1.165, 1.54) is 18.2 Å². The van der Waals surface area contributed by atoms with E-state index in [4.69, 9.17) is 4.98 Å². The predicted molar refractivity (Wildman–Crippen MR) is 103 cm³/mol. The lowest BCUT2D eigenvalue weighted by Gasteiger charge is -2.34. The van der Waals surface area contributed by atoms with Crippen LogP contribution in [0.15, 0.2) is 29.4 Å². The van der Waals surface area contributed by atoms with Gasteiger partial charge >= 0.3 is 0 Å². The molecule has 4 rings (SSSR count). The third-order valence-electron chi connectivity index (χ3n) is 4.80. The minimum Gasteiger partial charge on any atom is -0.341 e. The molecule has 2 atom stereocenters. The van der Waals surface area contributed by atoms with Gasteiger partial charge in [-0.15, -0.1) is 5.10 Å². The van der Waals surface area contributed by atoms with Crippen LogP contribution < -0.4 is 0 Å². The van der Waals surface area contributed by atoms with E-state index < -0.39 is 0 Å². The lowest BCUT2D eigenvalue weighted by atomic mass is 9.92. The molecule has 1 fully saturated rings. The van der Waals surface area contributed by atoms with Gasteiger partial charge in [0.25, 0.3) is 0 Å². The Labute approximate surface area is 157 Å². The summed E-state index contributed by atoms with van der Waals surface area (Å²) in [5, 5.41) is 6.16. The number of hydrogen-bond donors (Lipinski definition) is 0. The number of rotatable bonds is 3. The van der Waals surface area contributed by atoms with Crippen LogP contribution in [0.4, 0.5) is 0 Å². The average molecular weight is 369 g/mol. The van der Waals surface area contributed by atoms with Gasteiger partial charge in [-0.25, -0.2) is 9.97 Å². The maximum Gasteiger partial charge on any atom is 0.233 e. The smallest absolute Gasteiger partial charge is 0.233 e. The summed E-state index contributed by atoms with van der Waals surface area (Å²) in [5.41, 5.74) is 1.67. The van der Waals surface area contributed by atoms with Crippen LogP contribution >= 0.6 is 11.8 Å². The molecule has 26 heavy (non-hydrogen) atoms. The van der Waals surface area contributed by atoms with Crippen molar-refractivity contribution in [2.45, 2.75) is 32.3 Å². The van der Waals surface area contributed by atoms with Crippen LogP contribution in [0.5, 0.6) is 0 Å². The summed E-state index contributed by atoms with van der Waals surface area (Å²) in [5.74, 6) is 2.38. The fourth-order valence-electron chi connectivity index (χ4n) is 3.81. The number of hydrogen-bond acceptors (Lipinski definition) is 5. The molecule has 0 saturated carbocycles. The predicted octanol–water partition coefficient (Wildman–Crippen LogP) is 3.18. The fraction of sp³-hybridized carbons (Fsp3) is 0.474. The van der Waals surface area contributed by atoms with Gasteiger partial charge in [-0.3, -0.25) is 4.79 Å². The summed E-state index contributed by atoms with van der Waals surface area (Å²) < 4.78 is 1.76. The standard InChI is InChI=1S/C19H23N5OS/c1-12-8-13(2)10-23(9-12)17(25)11-26-19-21-16-7-5-4-6-15(16)18-20-14(3)22-24(18)19/h4-7,12-13H,8-11H2,1-3H3/t12-,13-/m1/s1. The first-order valence-corrected chi connectivity index (χ1v) is 10.0. The Hall–Kier alpha value is -2.15. The second kappa shape index (κ2) is 6.87. The van der Waals surface area contributed by atoms with Gasteiger partial charge < -0.3 is 4.90 Å². The molecule has 0 aliphatic carbocycles. The lowest BCUT2D eigenvalue weighted by molar-refractivity contribution is -0.130. The van der Waals surface area contributed by atoms with Gasteiger partial charge in [0, 0.05) is 18.5 Å². The van der Waals surface area contributed by atoms with Crippen molar-refractivity contribution >= 4 is 34.2 Å². The third kappa shape index (κ3) is 3.28. The second-order valence-corrected chi connectivity index (χ2v) is 8.28. The van der Waals surface area contributed by atoms with Crippen LogP contribution in [0.3, 0.4) is 0 Å². The Bertz CT molecular complexity index is 959. The van der Waals surface area contributed by atoms with Gasteiger partial charge in [-0.2, -0.15) is 4.52 Å². The molecular formula is C19H23N5OS. The van der Waals surface area contributed by atoms with Crippen LogP contribution in [0.2, 0.25) is 0 Å². The number of aryl methyl sites for hydroxylation is 1. The van der Waals surface area contributed by atoms with Gasteiger partial charge in [-0.1, -0.05) is 37.7 Å². The van der Waals surface area contributed by atoms with Crippen molar-refractivity contribution in [1.82, 2.24) is 24.5 Å². The van der Waals surface area contributed by atoms with Crippen LogP contribution in [0.25, 0.3) is 16.6 Å². The molecule has 2 aromatic heterocycles. The highest BCUT2D eigenvalue weighted by Gasteiger charge is 2.25. The van der Waals surface area contributed by atoms with E-state index in [-0.39, 0.29) is 5.91 Å². The van der Waals surface area contributed by atoms with Crippen molar-refractivity contribution in [3.05, 3.63) is 30.1 Å². The zero-order valence-electron chi connectivity index (χ0n) is 15.3. The number of likely N-dealkylation sites (tertiary alicyclic amines) is 1. The first kappa shape index (κ1) is 17.3. The van der Waals surface area contributed by atoms with E-state index >= 15 is 0 Å². The Balaban J connectivity index is 1.59. The number of piperidine rings is 1. The molecule has 1 aliphatic rings. The average Bonchev–Trinajstić information content (AvgIpc) is 3.00. The number of thioether (sulfide) groups is 1. The third-order valence-corrected chi connectivity index (χ3v) is 5.72.